The number of carbonyl (C=O) groups is 2. The number of benzene rings is 2. The summed E-state index contributed by atoms with van der Waals surface area (Å²) in [6.07, 6.45) is 0. The zero-order valence-electron chi connectivity index (χ0n) is 15.6. The van der Waals surface area contributed by atoms with Crippen LogP contribution in [0.3, 0.4) is 0 Å². The molecule has 0 radical (unpaired) electrons. The molecular formula is C20H14N4O5S. The van der Waals surface area contributed by atoms with Gasteiger partial charge < -0.3 is 5.11 Å². The van der Waals surface area contributed by atoms with Crippen LogP contribution in [0.1, 0.15) is 22.7 Å². The summed E-state index contributed by atoms with van der Waals surface area (Å²) in [4.78, 5) is 37.5. The molecule has 2 aromatic carbocycles. The van der Waals surface area contributed by atoms with Crippen molar-refractivity contribution in [1.29, 1.82) is 0 Å². The van der Waals surface area contributed by atoms with Gasteiger partial charge in [-0.1, -0.05) is 53.3 Å². The number of ketones is 1. The van der Waals surface area contributed by atoms with E-state index in [2.05, 4.69) is 10.2 Å². The molecule has 1 unspecified atom stereocenters. The molecule has 150 valence electrons. The first-order chi connectivity index (χ1) is 14.4. The Labute approximate surface area is 174 Å². The number of non-ortho nitro benzene ring substituents is 1. The second-order valence-corrected chi connectivity index (χ2v) is 7.42. The van der Waals surface area contributed by atoms with Gasteiger partial charge in [0, 0.05) is 17.7 Å². The van der Waals surface area contributed by atoms with Crippen molar-refractivity contribution in [2.45, 2.75) is 13.0 Å². The Balaban J connectivity index is 1.95. The van der Waals surface area contributed by atoms with E-state index in [1.54, 1.807) is 30.3 Å². The van der Waals surface area contributed by atoms with Gasteiger partial charge in [0.2, 0.25) is 5.13 Å². The molecule has 1 amide bonds. The number of hydrogen-bond acceptors (Lipinski definition) is 8. The Kier molecular flexibility index (Phi) is 4.84. The highest BCUT2D eigenvalue weighted by Gasteiger charge is 2.48. The van der Waals surface area contributed by atoms with Crippen LogP contribution in [0.5, 0.6) is 0 Å². The Morgan fingerprint density at radius 2 is 1.93 bits per heavy atom. The van der Waals surface area contributed by atoms with E-state index in [1.807, 2.05) is 6.92 Å². The molecule has 0 bridgehead atoms. The molecule has 0 spiro atoms. The molecule has 1 aliphatic rings. The van der Waals surface area contributed by atoms with Gasteiger partial charge >= 0.3 is 5.91 Å². The zero-order chi connectivity index (χ0) is 21.4. The smallest absolute Gasteiger partial charge is 0.301 e. The molecular weight excluding hydrogens is 408 g/mol. The van der Waals surface area contributed by atoms with Gasteiger partial charge in [0.15, 0.2) is 0 Å². The molecule has 1 aromatic heterocycles. The predicted octanol–water partition coefficient (Wildman–Crippen LogP) is 3.38. The van der Waals surface area contributed by atoms with Crippen LogP contribution in [0.15, 0.2) is 59.6 Å². The summed E-state index contributed by atoms with van der Waals surface area (Å²) >= 11 is 1.04. The quantitative estimate of drug-likeness (QED) is 0.224. The fourth-order valence-corrected chi connectivity index (χ4v) is 3.88. The van der Waals surface area contributed by atoms with Crippen LogP contribution < -0.4 is 4.90 Å². The fraction of sp³-hybridized carbons (Fsp3) is 0.100. The number of anilines is 1. The van der Waals surface area contributed by atoms with Crippen molar-refractivity contribution in [2.24, 2.45) is 0 Å². The fourth-order valence-electron chi connectivity index (χ4n) is 3.29. The average molecular weight is 422 g/mol. The first-order valence-electron chi connectivity index (χ1n) is 8.77. The maximum Gasteiger partial charge on any atom is 0.301 e. The van der Waals surface area contributed by atoms with Gasteiger partial charge in [0.25, 0.3) is 11.5 Å². The monoisotopic (exact) mass is 422 g/mol. The van der Waals surface area contributed by atoms with Gasteiger partial charge in [-0.25, -0.2) is 0 Å². The lowest BCUT2D eigenvalue weighted by Crippen LogP contribution is -2.29. The molecule has 10 heteroatoms. The highest BCUT2D eigenvalue weighted by Crippen LogP contribution is 2.43. The molecule has 1 N–H and O–H groups in total. The van der Waals surface area contributed by atoms with Crippen molar-refractivity contribution in [2.75, 3.05) is 4.90 Å². The minimum absolute atomic E-state index is 0.150. The second-order valence-electron chi connectivity index (χ2n) is 6.61. The minimum Gasteiger partial charge on any atom is -0.507 e. The first kappa shape index (κ1) is 19.4. The number of aryl methyl sites for hydroxylation is 1. The number of carbonyl (C=O) groups excluding carboxylic acids is 2. The third kappa shape index (κ3) is 3.22. The van der Waals surface area contributed by atoms with Crippen LogP contribution in [0.4, 0.5) is 10.8 Å². The van der Waals surface area contributed by atoms with Crippen molar-refractivity contribution in [3.05, 3.63) is 86.4 Å². The van der Waals surface area contributed by atoms with Gasteiger partial charge in [-0.15, -0.1) is 10.2 Å². The second kappa shape index (κ2) is 7.48. The Morgan fingerprint density at radius 1 is 1.20 bits per heavy atom. The number of aliphatic hydroxyl groups is 1. The number of aromatic nitrogens is 2. The van der Waals surface area contributed by atoms with E-state index in [4.69, 9.17) is 0 Å². The van der Waals surface area contributed by atoms with Crippen LogP contribution in [0, 0.1) is 17.0 Å². The predicted molar refractivity (Wildman–Crippen MR) is 109 cm³/mol. The SMILES string of the molecule is Cc1ccc(C(O)=C2C(=O)C(=O)N(c3nncs3)C2c2cccc([N+](=O)[O-])c2)cc1. The maximum atomic E-state index is 12.9. The molecule has 0 aliphatic carbocycles. The van der Waals surface area contributed by atoms with Crippen LogP contribution in [0.25, 0.3) is 5.76 Å². The molecule has 1 atom stereocenters. The maximum absolute atomic E-state index is 12.9. The third-order valence-corrected chi connectivity index (χ3v) is 5.41. The summed E-state index contributed by atoms with van der Waals surface area (Å²) in [6.45, 7) is 1.88. The normalized spacial score (nSPS) is 18.0. The van der Waals surface area contributed by atoms with E-state index in [1.165, 1.54) is 23.7 Å². The van der Waals surface area contributed by atoms with Crippen molar-refractivity contribution in [1.82, 2.24) is 10.2 Å². The molecule has 1 aliphatic heterocycles. The van der Waals surface area contributed by atoms with E-state index in [0.717, 1.165) is 21.8 Å². The standard InChI is InChI=1S/C20H14N4O5S/c1-11-5-7-12(8-6-11)17(25)15-16(13-3-2-4-14(9-13)24(28)29)23(19(27)18(15)26)20-22-21-10-30-20/h2-10,16,25H,1H3. The van der Waals surface area contributed by atoms with E-state index < -0.39 is 22.7 Å². The lowest BCUT2D eigenvalue weighted by molar-refractivity contribution is -0.384. The Bertz CT molecular complexity index is 1190. The van der Waals surface area contributed by atoms with Gasteiger partial charge in [-0.05, 0) is 12.5 Å². The zero-order valence-corrected chi connectivity index (χ0v) is 16.4. The number of Topliss-reactive ketones (excluding diaryl/α,β-unsaturated/α-hetero) is 1. The van der Waals surface area contributed by atoms with E-state index in [9.17, 15) is 24.8 Å². The first-order valence-corrected chi connectivity index (χ1v) is 9.65. The summed E-state index contributed by atoms with van der Waals surface area (Å²) < 4.78 is 0. The lowest BCUT2D eigenvalue weighted by atomic mass is 9.95. The highest BCUT2D eigenvalue weighted by molar-refractivity contribution is 7.13. The number of hydrogen-bond donors (Lipinski definition) is 1. The molecule has 9 nitrogen and oxygen atoms in total. The largest absolute Gasteiger partial charge is 0.507 e. The highest BCUT2D eigenvalue weighted by atomic mass is 32.1. The van der Waals surface area contributed by atoms with Gasteiger partial charge in [-0.3, -0.25) is 24.6 Å². The van der Waals surface area contributed by atoms with Gasteiger partial charge in [-0.2, -0.15) is 0 Å². The van der Waals surface area contributed by atoms with Crippen LogP contribution in [-0.4, -0.2) is 31.9 Å². The third-order valence-electron chi connectivity index (χ3n) is 4.72. The van der Waals surface area contributed by atoms with Crippen molar-refractivity contribution >= 4 is 39.6 Å². The Hall–Kier alpha value is -3.92. The number of nitro benzene ring substituents is 1. The number of amides is 1. The topological polar surface area (TPSA) is 127 Å². The summed E-state index contributed by atoms with van der Waals surface area (Å²) in [6, 6.07) is 11.3. The number of rotatable bonds is 4. The van der Waals surface area contributed by atoms with Crippen LogP contribution in [0.2, 0.25) is 0 Å². The molecule has 3 aromatic rings. The molecule has 2 heterocycles. The van der Waals surface area contributed by atoms with Crippen molar-refractivity contribution < 1.29 is 19.6 Å². The number of aliphatic hydroxyl groups excluding tert-OH is 1. The summed E-state index contributed by atoms with van der Waals surface area (Å²) in [5, 5.41) is 29.9. The van der Waals surface area contributed by atoms with Gasteiger partial charge in [0.1, 0.15) is 11.3 Å². The summed E-state index contributed by atoms with van der Waals surface area (Å²) in [5.74, 6) is -2.16. The minimum atomic E-state index is -1.08. The molecule has 30 heavy (non-hydrogen) atoms. The van der Waals surface area contributed by atoms with Crippen molar-refractivity contribution in [3.63, 3.8) is 0 Å². The molecule has 0 saturated carbocycles. The van der Waals surface area contributed by atoms with Crippen LogP contribution >= 0.6 is 11.3 Å². The average Bonchev–Trinajstić information content (AvgIpc) is 3.35. The van der Waals surface area contributed by atoms with Crippen LogP contribution in [-0.2, 0) is 9.59 Å². The molecule has 1 fully saturated rings. The Morgan fingerprint density at radius 3 is 2.57 bits per heavy atom. The molecule has 4 rings (SSSR count). The number of nitro groups is 1. The summed E-state index contributed by atoms with van der Waals surface area (Å²) in [5.41, 5.74) is 2.64. The number of nitrogens with zero attached hydrogens (tertiary/aromatic N) is 4. The van der Waals surface area contributed by atoms with Gasteiger partial charge in [0.05, 0.1) is 16.5 Å². The molecule has 1 saturated heterocycles. The van der Waals surface area contributed by atoms with E-state index >= 15 is 0 Å². The van der Waals surface area contributed by atoms with Crippen molar-refractivity contribution in [3.8, 4) is 0 Å². The van der Waals surface area contributed by atoms with E-state index in [-0.39, 0.29) is 22.2 Å². The summed E-state index contributed by atoms with van der Waals surface area (Å²) in [7, 11) is 0. The lowest BCUT2D eigenvalue weighted by Gasteiger charge is -2.22. The van der Waals surface area contributed by atoms with E-state index in [0.29, 0.717) is 11.1 Å².